The Morgan fingerprint density at radius 1 is 1.61 bits per heavy atom. The second-order valence-electron chi connectivity index (χ2n) is 3.72. The molecular formula is C11H13ClN4OS. The predicted octanol–water partition coefficient (Wildman–Crippen LogP) is 2.09. The fourth-order valence-electron chi connectivity index (χ4n) is 1.60. The highest BCUT2D eigenvalue weighted by molar-refractivity contribution is 7.09. The Bertz CT molecular complexity index is 563. The Kier molecular flexibility index (Phi) is 4.11. The predicted molar refractivity (Wildman–Crippen MR) is 71.0 cm³/mol. The quantitative estimate of drug-likeness (QED) is 0.853. The van der Waals surface area contributed by atoms with Crippen molar-refractivity contribution < 1.29 is 4.79 Å². The van der Waals surface area contributed by atoms with Crippen molar-refractivity contribution in [1.29, 1.82) is 0 Å². The summed E-state index contributed by atoms with van der Waals surface area (Å²) in [6, 6.07) is 0. The molecule has 0 atom stereocenters. The van der Waals surface area contributed by atoms with Crippen molar-refractivity contribution in [3.8, 4) is 0 Å². The summed E-state index contributed by atoms with van der Waals surface area (Å²) < 4.78 is 1.62. The molecule has 2 aromatic heterocycles. The van der Waals surface area contributed by atoms with Gasteiger partial charge in [0.25, 0.3) is 0 Å². The van der Waals surface area contributed by atoms with Crippen LogP contribution in [0.25, 0.3) is 0 Å². The monoisotopic (exact) mass is 284 g/mol. The van der Waals surface area contributed by atoms with Gasteiger partial charge in [-0.3, -0.25) is 9.48 Å². The lowest BCUT2D eigenvalue weighted by Gasteiger charge is -2.03. The minimum atomic E-state index is -0.207. The Hall–Kier alpha value is -1.24. The van der Waals surface area contributed by atoms with Gasteiger partial charge in [0, 0.05) is 18.5 Å². The number of thiazole rings is 1. The van der Waals surface area contributed by atoms with Crippen LogP contribution in [-0.2, 0) is 13.1 Å². The van der Waals surface area contributed by atoms with Crippen LogP contribution in [0.5, 0.6) is 0 Å². The highest BCUT2D eigenvalue weighted by Gasteiger charge is 2.21. The largest absolute Gasteiger partial charge is 0.325 e. The molecule has 0 radical (unpaired) electrons. The molecule has 96 valence electrons. The number of aromatic nitrogens is 3. The zero-order chi connectivity index (χ0) is 13.1. The summed E-state index contributed by atoms with van der Waals surface area (Å²) in [5, 5.41) is 6.88. The minimum Gasteiger partial charge on any atom is -0.325 e. The first-order chi connectivity index (χ1) is 8.67. The molecule has 2 rings (SSSR count). The van der Waals surface area contributed by atoms with Crippen LogP contribution in [-0.4, -0.2) is 20.5 Å². The SMILES string of the molecule is CCCn1ncc(Cl)c1C(=O)c1csc(CN)n1. The average Bonchev–Trinajstić information content (AvgIpc) is 2.96. The van der Waals surface area contributed by atoms with Crippen LogP contribution < -0.4 is 5.73 Å². The molecule has 2 N–H and O–H groups in total. The third-order valence-electron chi connectivity index (χ3n) is 2.40. The van der Waals surface area contributed by atoms with Crippen molar-refractivity contribution in [3.63, 3.8) is 0 Å². The molecular weight excluding hydrogens is 272 g/mol. The fourth-order valence-corrected chi connectivity index (χ4v) is 2.48. The van der Waals surface area contributed by atoms with Gasteiger partial charge in [-0.2, -0.15) is 5.10 Å². The number of nitrogens with zero attached hydrogens (tertiary/aromatic N) is 3. The van der Waals surface area contributed by atoms with E-state index in [4.69, 9.17) is 17.3 Å². The molecule has 0 unspecified atom stereocenters. The van der Waals surface area contributed by atoms with Crippen LogP contribution in [0.1, 0.15) is 34.5 Å². The molecule has 2 heterocycles. The van der Waals surface area contributed by atoms with Gasteiger partial charge >= 0.3 is 0 Å². The molecule has 0 amide bonds. The second-order valence-corrected chi connectivity index (χ2v) is 5.07. The Balaban J connectivity index is 2.35. The van der Waals surface area contributed by atoms with Crippen LogP contribution >= 0.6 is 22.9 Å². The maximum Gasteiger partial charge on any atom is 0.231 e. The average molecular weight is 285 g/mol. The van der Waals surface area contributed by atoms with E-state index < -0.39 is 0 Å². The summed E-state index contributed by atoms with van der Waals surface area (Å²) in [6.07, 6.45) is 2.37. The van der Waals surface area contributed by atoms with Gasteiger partial charge < -0.3 is 5.73 Å². The molecule has 0 saturated carbocycles. The van der Waals surface area contributed by atoms with Crippen molar-refractivity contribution in [1.82, 2.24) is 14.8 Å². The number of rotatable bonds is 5. The summed E-state index contributed by atoms with van der Waals surface area (Å²) >= 11 is 7.38. The van der Waals surface area contributed by atoms with Crippen LogP contribution in [0.2, 0.25) is 5.02 Å². The molecule has 0 bridgehead atoms. The van der Waals surface area contributed by atoms with E-state index in [1.807, 2.05) is 6.92 Å². The van der Waals surface area contributed by atoms with E-state index in [9.17, 15) is 4.79 Å². The third kappa shape index (κ3) is 2.45. The fraction of sp³-hybridized carbons (Fsp3) is 0.364. The number of nitrogens with two attached hydrogens (primary N) is 1. The number of ketones is 1. The smallest absolute Gasteiger partial charge is 0.231 e. The summed E-state index contributed by atoms with van der Waals surface area (Å²) in [6.45, 7) is 3.00. The zero-order valence-electron chi connectivity index (χ0n) is 9.89. The van der Waals surface area contributed by atoms with Crippen molar-refractivity contribution in [3.05, 3.63) is 33.0 Å². The number of hydrogen-bond donors (Lipinski definition) is 1. The normalized spacial score (nSPS) is 10.8. The third-order valence-corrected chi connectivity index (χ3v) is 3.55. The molecule has 0 aliphatic rings. The Morgan fingerprint density at radius 3 is 3.00 bits per heavy atom. The second kappa shape index (κ2) is 5.60. The van der Waals surface area contributed by atoms with Crippen molar-refractivity contribution in [2.75, 3.05) is 0 Å². The highest BCUT2D eigenvalue weighted by atomic mass is 35.5. The number of aryl methyl sites for hydroxylation is 1. The molecule has 2 aromatic rings. The lowest BCUT2D eigenvalue weighted by atomic mass is 10.2. The highest BCUT2D eigenvalue weighted by Crippen LogP contribution is 2.20. The molecule has 7 heteroatoms. The number of halogens is 1. The van der Waals surface area contributed by atoms with E-state index in [1.165, 1.54) is 17.5 Å². The van der Waals surface area contributed by atoms with E-state index in [-0.39, 0.29) is 5.78 Å². The van der Waals surface area contributed by atoms with Gasteiger partial charge in [0.2, 0.25) is 5.78 Å². The minimum absolute atomic E-state index is 0.207. The first-order valence-corrected chi connectivity index (χ1v) is 6.83. The van der Waals surface area contributed by atoms with E-state index in [1.54, 1.807) is 10.1 Å². The topological polar surface area (TPSA) is 73.8 Å². The molecule has 0 aliphatic heterocycles. The van der Waals surface area contributed by atoms with Crippen LogP contribution in [0.15, 0.2) is 11.6 Å². The molecule has 0 spiro atoms. The molecule has 0 fully saturated rings. The van der Waals surface area contributed by atoms with Gasteiger partial charge in [0.15, 0.2) is 0 Å². The van der Waals surface area contributed by atoms with Gasteiger partial charge in [0.05, 0.1) is 11.2 Å². The van der Waals surface area contributed by atoms with E-state index in [0.29, 0.717) is 29.5 Å². The van der Waals surface area contributed by atoms with Crippen LogP contribution in [0.3, 0.4) is 0 Å². The van der Waals surface area contributed by atoms with Crippen molar-refractivity contribution in [2.24, 2.45) is 5.73 Å². The molecule has 18 heavy (non-hydrogen) atoms. The Morgan fingerprint density at radius 2 is 2.39 bits per heavy atom. The van der Waals surface area contributed by atoms with Gasteiger partial charge in [-0.25, -0.2) is 4.98 Å². The molecule has 5 nitrogen and oxygen atoms in total. The number of carbonyl (C=O) groups is 1. The van der Waals surface area contributed by atoms with Crippen molar-refractivity contribution >= 4 is 28.7 Å². The first kappa shape index (κ1) is 13.2. The van der Waals surface area contributed by atoms with E-state index in [0.717, 1.165) is 11.4 Å². The van der Waals surface area contributed by atoms with Crippen LogP contribution in [0, 0.1) is 0 Å². The molecule has 0 aliphatic carbocycles. The molecule has 0 aromatic carbocycles. The number of carbonyl (C=O) groups excluding carboxylic acids is 1. The maximum absolute atomic E-state index is 12.3. The summed E-state index contributed by atoms with van der Waals surface area (Å²) in [5.41, 5.74) is 6.25. The summed E-state index contributed by atoms with van der Waals surface area (Å²) in [7, 11) is 0. The molecule has 0 saturated heterocycles. The Labute approximate surface area is 114 Å². The van der Waals surface area contributed by atoms with Crippen LogP contribution in [0.4, 0.5) is 0 Å². The lowest BCUT2D eigenvalue weighted by Crippen LogP contribution is -2.12. The van der Waals surface area contributed by atoms with Gasteiger partial charge in [0.1, 0.15) is 16.4 Å². The van der Waals surface area contributed by atoms with Gasteiger partial charge in [-0.15, -0.1) is 11.3 Å². The van der Waals surface area contributed by atoms with Gasteiger partial charge in [-0.1, -0.05) is 18.5 Å². The number of hydrogen-bond acceptors (Lipinski definition) is 5. The van der Waals surface area contributed by atoms with Gasteiger partial charge in [-0.05, 0) is 6.42 Å². The zero-order valence-corrected chi connectivity index (χ0v) is 11.5. The summed E-state index contributed by atoms with van der Waals surface area (Å²) in [4.78, 5) is 16.5. The first-order valence-electron chi connectivity index (χ1n) is 5.57. The standard InChI is InChI=1S/C11H13ClN4OS/c1-2-3-16-10(7(12)5-14-16)11(17)8-6-18-9(4-13)15-8/h5-6H,2-4,13H2,1H3. The van der Waals surface area contributed by atoms with E-state index >= 15 is 0 Å². The van der Waals surface area contributed by atoms with E-state index in [2.05, 4.69) is 10.1 Å². The lowest BCUT2D eigenvalue weighted by molar-refractivity contribution is 0.102. The van der Waals surface area contributed by atoms with Crippen molar-refractivity contribution in [2.45, 2.75) is 26.4 Å². The maximum atomic E-state index is 12.3. The summed E-state index contributed by atoms with van der Waals surface area (Å²) in [5.74, 6) is -0.207.